The minimum absolute atomic E-state index is 0.0851. The molecular weight excluding hydrogens is 282 g/mol. The van der Waals surface area contributed by atoms with Crippen LogP contribution >= 0.6 is 15.9 Å². The molecule has 0 amide bonds. The predicted octanol–water partition coefficient (Wildman–Crippen LogP) is 3.32. The Labute approximate surface area is 108 Å². The first-order chi connectivity index (χ1) is 8.15. The Bertz CT molecular complexity index is 511. The Balaban J connectivity index is 2.02. The van der Waals surface area contributed by atoms with Crippen molar-refractivity contribution in [3.63, 3.8) is 0 Å². The summed E-state index contributed by atoms with van der Waals surface area (Å²) in [5, 5.41) is 9.45. The molecule has 0 saturated carbocycles. The topological polar surface area (TPSA) is 55.5 Å². The quantitative estimate of drug-likeness (QED) is 0.674. The van der Waals surface area contributed by atoms with E-state index in [4.69, 9.17) is 10.5 Å². The van der Waals surface area contributed by atoms with Crippen LogP contribution in [0, 0.1) is 0 Å². The Kier molecular flexibility index (Phi) is 3.54. The van der Waals surface area contributed by atoms with Crippen LogP contribution in [0.5, 0.6) is 11.5 Å². The molecule has 0 bridgehead atoms. The van der Waals surface area contributed by atoms with Gasteiger partial charge in [-0.3, -0.25) is 0 Å². The lowest BCUT2D eigenvalue weighted by atomic mass is 10.2. The van der Waals surface area contributed by atoms with Gasteiger partial charge in [0.25, 0.3) is 0 Å². The van der Waals surface area contributed by atoms with Gasteiger partial charge in [0.05, 0.1) is 5.69 Å². The van der Waals surface area contributed by atoms with Crippen molar-refractivity contribution in [3.05, 3.63) is 52.5 Å². The number of rotatable bonds is 3. The number of nitrogen functional groups attached to an aromatic ring is 1. The highest BCUT2D eigenvalue weighted by Gasteiger charge is 2.00. The highest BCUT2D eigenvalue weighted by atomic mass is 79.9. The zero-order valence-corrected chi connectivity index (χ0v) is 10.6. The monoisotopic (exact) mass is 293 g/mol. The molecule has 4 heteroatoms. The van der Waals surface area contributed by atoms with Crippen molar-refractivity contribution >= 4 is 21.6 Å². The third kappa shape index (κ3) is 3.14. The molecule has 2 aromatic rings. The Morgan fingerprint density at radius 1 is 1.12 bits per heavy atom. The first-order valence-electron chi connectivity index (χ1n) is 5.11. The number of anilines is 1. The fourth-order valence-electron chi connectivity index (χ4n) is 1.38. The molecule has 3 N–H and O–H groups in total. The van der Waals surface area contributed by atoms with E-state index < -0.39 is 0 Å². The third-order valence-corrected chi connectivity index (χ3v) is 2.84. The smallest absolute Gasteiger partial charge is 0.138 e. The fourth-order valence-corrected chi connectivity index (χ4v) is 1.64. The van der Waals surface area contributed by atoms with Crippen LogP contribution in [0.2, 0.25) is 0 Å². The summed E-state index contributed by atoms with van der Waals surface area (Å²) in [6, 6.07) is 12.7. The highest BCUT2D eigenvalue weighted by molar-refractivity contribution is 9.10. The Hall–Kier alpha value is -1.68. The van der Waals surface area contributed by atoms with E-state index in [0.29, 0.717) is 12.3 Å². The first kappa shape index (κ1) is 11.8. The average Bonchev–Trinajstić information content (AvgIpc) is 2.33. The molecule has 2 aromatic carbocycles. The van der Waals surface area contributed by atoms with Gasteiger partial charge in [-0.25, -0.2) is 0 Å². The second-order valence-corrected chi connectivity index (χ2v) is 4.55. The van der Waals surface area contributed by atoms with E-state index in [-0.39, 0.29) is 5.75 Å². The number of phenolic OH excluding ortho intramolecular Hbond substituents is 1. The van der Waals surface area contributed by atoms with Gasteiger partial charge in [0.2, 0.25) is 0 Å². The standard InChI is InChI=1S/C13H12BrNO2/c14-10-2-4-11(5-3-10)17-8-9-1-6-12(15)13(16)7-9/h1-7,16H,8,15H2. The van der Waals surface area contributed by atoms with Gasteiger partial charge in [0.1, 0.15) is 18.1 Å². The van der Waals surface area contributed by atoms with Crippen molar-refractivity contribution in [2.75, 3.05) is 5.73 Å². The van der Waals surface area contributed by atoms with E-state index in [1.165, 1.54) is 0 Å². The van der Waals surface area contributed by atoms with Crippen LogP contribution in [-0.2, 0) is 6.61 Å². The molecule has 0 radical (unpaired) electrons. The Morgan fingerprint density at radius 2 is 1.82 bits per heavy atom. The van der Waals surface area contributed by atoms with E-state index in [1.807, 2.05) is 30.3 Å². The van der Waals surface area contributed by atoms with Crippen LogP contribution in [0.3, 0.4) is 0 Å². The number of benzene rings is 2. The lowest BCUT2D eigenvalue weighted by molar-refractivity contribution is 0.305. The summed E-state index contributed by atoms with van der Waals surface area (Å²) in [5.74, 6) is 0.867. The summed E-state index contributed by atoms with van der Waals surface area (Å²) < 4.78 is 6.58. The van der Waals surface area contributed by atoms with Crippen molar-refractivity contribution < 1.29 is 9.84 Å². The molecule has 2 rings (SSSR count). The van der Waals surface area contributed by atoms with E-state index in [1.54, 1.807) is 12.1 Å². The van der Waals surface area contributed by atoms with Gasteiger partial charge in [-0.1, -0.05) is 22.0 Å². The molecule has 0 spiro atoms. The summed E-state index contributed by atoms with van der Waals surface area (Å²) in [6.07, 6.45) is 0. The number of halogens is 1. The van der Waals surface area contributed by atoms with Crippen LogP contribution in [0.1, 0.15) is 5.56 Å². The van der Waals surface area contributed by atoms with Gasteiger partial charge < -0.3 is 15.6 Å². The molecule has 0 heterocycles. The number of hydrogen-bond donors (Lipinski definition) is 2. The zero-order chi connectivity index (χ0) is 12.3. The molecule has 0 aromatic heterocycles. The van der Waals surface area contributed by atoms with Crippen LogP contribution in [0.15, 0.2) is 46.9 Å². The number of hydrogen-bond acceptors (Lipinski definition) is 3. The average molecular weight is 294 g/mol. The minimum atomic E-state index is 0.0851. The molecular formula is C13H12BrNO2. The van der Waals surface area contributed by atoms with Gasteiger partial charge in [0, 0.05) is 4.47 Å². The second kappa shape index (κ2) is 5.10. The van der Waals surface area contributed by atoms with Gasteiger partial charge in [0.15, 0.2) is 0 Å². The van der Waals surface area contributed by atoms with Crippen molar-refractivity contribution in [3.8, 4) is 11.5 Å². The van der Waals surface area contributed by atoms with Crippen molar-refractivity contribution in [2.24, 2.45) is 0 Å². The van der Waals surface area contributed by atoms with Gasteiger partial charge in [-0.2, -0.15) is 0 Å². The zero-order valence-electron chi connectivity index (χ0n) is 9.06. The maximum Gasteiger partial charge on any atom is 0.138 e. The highest BCUT2D eigenvalue weighted by Crippen LogP contribution is 2.22. The molecule has 0 atom stereocenters. The Morgan fingerprint density at radius 3 is 2.47 bits per heavy atom. The van der Waals surface area contributed by atoms with Crippen LogP contribution in [0.4, 0.5) is 5.69 Å². The van der Waals surface area contributed by atoms with E-state index in [2.05, 4.69) is 15.9 Å². The van der Waals surface area contributed by atoms with Crippen molar-refractivity contribution in [2.45, 2.75) is 6.61 Å². The van der Waals surface area contributed by atoms with E-state index in [0.717, 1.165) is 15.8 Å². The summed E-state index contributed by atoms with van der Waals surface area (Å²) in [7, 11) is 0. The molecule has 3 nitrogen and oxygen atoms in total. The number of nitrogens with two attached hydrogens (primary N) is 1. The van der Waals surface area contributed by atoms with Crippen molar-refractivity contribution in [1.29, 1.82) is 0 Å². The minimum Gasteiger partial charge on any atom is -0.506 e. The summed E-state index contributed by atoms with van der Waals surface area (Å²) >= 11 is 3.36. The third-order valence-electron chi connectivity index (χ3n) is 2.31. The second-order valence-electron chi connectivity index (χ2n) is 3.64. The molecule has 0 aliphatic heterocycles. The van der Waals surface area contributed by atoms with E-state index >= 15 is 0 Å². The lowest BCUT2D eigenvalue weighted by Crippen LogP contribution is -1.96. The maximum atomic E-state index is 9.45. The molecule has 0 aliphatic carbocycles. The van der Waals surface area contributed by atoms with Crippen molar-refractivity contribution in [1.82, 2.24) is 0 Å². The number of ether oxygens (including phenoxy) is 1. The van der Waals surface area contributed by atoms with E-state index in [9.17, 15) is 5.11 Å². The predicted molar refractivity (Wildman–Crippen MR) is 71.0 cm³/mol. The molecule has 17 heavy (non-hydrogen) atoms. The van der Waals surface area contributed by atoms with Crippen LogP contribution in [0.25, 0.3) is 0 Å². The summed E-state index contributed by atoms with van der Waals surface area (Å²) in [4.78, 5) is 0. The number of aromatic hydroxyl groups is 1. The molecule has 0 saturated heterocycles. The normalized spacial score (nSPS) is 10.2. The molecule has 0 unspecified atom stereocenters. The first-order valence-corrected chi connectivity index (χ1v) is 5.90. The van der Waals surface area contributed by atoms with Crippen LogP contribution in [-0.4, -0.2) is 5.11 Å². The molecule has 88 valence electrons. The summed E-state index contributed by atoms with van der Waals surface area (Å²) in [6.45, 7) is 0.398. The SMILES string of the molecule is Nc1ccc(COc2ccc(Br)cc2)cc1O. The molecule has 0 fully saturated rings. The largest absolute Gasteiger partial charge is 0.506 e. The van der Waals surface area contributed by atoms with Crippen LogP contribution < -0.4 is 10.5 Å². The number of phenols is 1. The fraction of sp³-hybridized carbons (Fsp3) is 0.0769. The van der Waals surface area contributed by atoms with Gasteiger partial charge in [-0.15, -0.1) is 0 Å². The van der Waals surface area contributed by atoms with Gasteiger partial charge >= 0.3 is 0 Å². The van der Waals surface area contributed by atoms with Gasteiger partial charge in [-0.05, 0) is 42.0 Å². The maximum absolute atomic E-state index is 9.45. The summed E-state index contributed by atoms with van der Waals surface area (Å²) in [5.41, 5.74) is 6.76. The molecule has 0 aliphatic rings. The lowest BCUT2D eigenvalue weighted by Gasteiger charge is -2.07.